The van der Waals surface area contributed by atoms with Crippen molar-refractivity contribution in [3.05, 3.63) is 47.7 Å². The zero-order valence-electron chi connectivity index (χ0n) is 11.3. The number of methoxy groups -OCH3 is 1. The van der Waals surface area contributed by atoms with E-state index < -0.39 is 0 Å². The third-order valence-electron chi connectivity index (χ3n) is 2.75. The van der Waals surface area contributed by atoms with Gasteiger partial charge in [-0.1, -0.05) is 6.07 Å². The summed E-state index contributed by atoms with van der Waals surface area (Å²) in [5, 5.41) is 8.99. The minimum atomic E-state index is -0.195. The number of nitrogens with two attached hydrogens (primary N) is 1. The van der Waals surface area contributed by atoms with E-state index in [0.717, 1.165) is 5.56 Å². The molecule has 0 saturated carbocycles. The van der Waals surface area contributed by atoms with Gasteiger partial charge in [0.15, 0.2) is 0 Å². The molecule has 2 N–H and O–H groups in total. The quantitative estimate of drug-likeness (QED) is 0.923. The Labute approximate surface area is 117 Å². The lowest BCUT2D eigenvalue weighted by Gasteiger charge is -2.13. The van der Waals surface area contributed by atoms with Gasteiger partial charge in [-0.3, -0.25) is 0 Å². The summed E-state index contributed by atoms with van der Waals surface area (Å²) in [6.45, 7) is 1.86. The number of ether oxygens (including phenoxy) is 2. The average Bonchev–Trinajstić information content (AvgIpc) is 2.47. The van der Waals surface area contributed by atoms with E-state index in [1.54, 1.807) is 30.5 Å². The number of aromatic nitrogens is 1. The van der Waals surface area contributed by atoms with Gasteiger partial charge < -0.3 is 15.2 Å². The van der Waals surface area contributed by atoms with Crippen LogP contribution in [0.1, 0.15) is 24.1 Å². The molecule has 0 aliphatic heterocycles. The van der Waals surface area contributed by atoms with Crippen molar-refractivity contribution < 1.29 is 9.47 Å². The van der Waals surface area contributed by atoms with Gasteiger partial charge in [-0.2, -0.15) is 5.26 Å². The summed E-state index contributed by atoms with van der Waals surface area (Å²) in [6.07, 6.45) is 1.63. The van der Waals surface area contributed by atoms with E-state index in [1.165, 1.54) is 7.11 Å². The van der Waals surface area contributed by atoms with E-state index in [2.05, 4.69) is 11.1 Å². The molecule has 1 aromatic carbocycles. The molecule has 2 aromatic rings. The average molecular weight is 269 g/mol. The first kappa shape index (κ1) is 13.8. The van der Waals surface area contributed by atoms with E-state index >= 15 is 0 Å². The van der Waals surface area contributed by atoms with Gasteiger partial charge in [-0.15, -0.1) is 0 Å². The largest absolute Gasteiger partial charge is 0.497 e. The van der Waals surface area contributed by atoms with Crippen LogP contribution >= 0.6 is 0 Å². The highest BCUT2D eigenvalue weighted by Crippen LogP contribution is 2.29. The molecule has 0 aliphatic rings. The van der Waals surface area contributed by atoms with Crippen molar-refractivity contribution in [2.45, 2.75) is 13.0 Å². The van der Waals surface area contributed by atoms with Crippen LogP contribution in [-0.2, 0) is 0 Å². The van der Waals surface area contributed by atoms with Gasteiger partial charge in [0.25, 0.3) is 0 Å². The number of hydrogen-bond acceptors (Lipinski definition) is 5. The summed E-state index contributed by atoms with van der Waals surface area (Å²) < 4.78 is 10.9. The lowest BCUT2D eigenvalue weighted by molar-refractivity contribution is 0.406. The summed E-state index contributed by atoms with van der Waals surface area (Å²) >= 11 is 0. The van der Waals surface area contributed by atoms with Crippen LogP contribution in [0.2, 0.25) is 0 Å². The number of nitrogens with zero attached hydrogens (tertiary/aromatic N) is 2. The Bertz CT molecular complexity index is 648. The standard InChI is InChI=1S/C15H15N3O2/c1-10(17)14-4-3-5-18-15(14)20-13-7-11(9-16)6-12(8-13)19-2/h3-8,10H,17H2,1-2H3/t10-/m1/s1. The van der Waals surface area contributed by atoms with E-state index in [1.807, 2.05) is 13.0 Å². The molecule has 0 spiro atoms. The first-order valence-corrected chi connectivity index (χ1v) is 6.11. The van der Waals surface area contributed by atoms with Crippen LogP contribution in [0.15, 0.2) is 36.5 Å². The molecule has 1 atom stereocenters. The van der Waals surface area contributed by atoms with Crippen molar-refractivity contribution in [3.8, 4) is 23.4 Å². The van der Waals surface area contributed by atoms with Crippen LogP contribution in [-0.4, -0.2) is 12.1 Å². The van der Waals surface area contributed by atoms with Crippen LogP contribution < -0.4 is 15.2 Å². The topological polar surface area (TPSA) is 81.2 Å². The Morgan fingerprint density at radius 2 is 2.05 bits per heavy atom. The minimum Gasteiger partial charge on any atom is -0.497 e. The second-order valence-electron chi connectivity index (χ2n) is 4.30. The fourth-order valence-electron chi connectivity index (χ4n) is 1.76. The van der Waals surface area contributed by atoms with Crippen LogP contribution in [0.5, 0.6) is 17.4 Å². The Kier molecular flexibility index (Phi) is 4.18. The molecule has 0 bridgehead atoms. The van der Waals surface area contributed by atoms with Crippen molar-refractivity contribution in [3.63, 3.8) is 0 Å². The van der Waals surface area contributed by atoms with Gasteiger partial charge in [0.2, 0.25) is 5.88 Å². The highest BCUT2D eigenvalue weighted by molar-refractivity contribution is 5.45. The van der Waals surface area contributed by atoms with Crippen molar-refractivity contribution in [1.29, 1.82) is 5.26 Å². The summed E-state index contributed by atoms with van der Waals surface area (Å²) in [5.74, 6) is 1.47. The molecule has 0 unspecified atom stereocenters. The molecular formula is C15H15N3O2. The third kappa shape index (κ3) is 3.05. The van der Waals surface area contributed by atoms with Crippen molar-refractivity contribution in [2.24, 2.45) is 5.73 Å². The molecule has 2 rings (SSSR count). The van der Waals surface area contributed by atoms with Gasteiger partial charge in [-0.05, 0) is 25.1 Å². The van der Waals surface area contributed by atoms with Crippen LogP contribution in [0.3, 0.4) is 0 Å². The summed E-state index contributed by atoms with van der Waals surface area (Å²) in [6, 6.07) is 10.5. The van der Waals surface area contributed by atoms with Crippen molar-refractivity contribution in [2.75, 3.05) is 7.11 Å². The van der Waals surface area contributed by atoms with E-state index in [9.17, 15) is 0 Å². The zero-order chi connectivity index (χ0) is 14.5. The van der Waals surface area contributed by atoms with Gasteiger partial charge >= 0.3 is 0 Å². The summed E-state index contributed by atoms with van der Waals surface area (Å²) in [7, 11) is 1.54. The monoisotopic (exact) mass is 269 g/mol. The van der Waals surface area contributed by atoms with Crippen molar-refractivity contribution in [1.82, 2.24) is 4.98 Å². The molecule has 0 aliphatic carbocycles. The number of rotatable bonds is 4. The minimum absolute atomic E-state index is 0.195. The zero-order valence-corrected chi connectivity index (χ0v) is 11.3. The lowest BCUT2D eigenvalue weighted by atomic mass is 10.1. The van der Waals surface area contributed by atoms with Crippen LogP contribution in [0, 0.1) is 11.3 Å². The second-order valence-corrected chi connectivity index (χ2v) is 4.30. The van der Waals surface area contributed by atoms with Gasteiger partial charge in [0, 0.05) is 23.9 Å². The second kappa shape index (κ2) is 6.04. The molecular weight excluding hydrogens is 254 g/mol. The number of hydrogen-bond donors (Lipinski definition) is 1. The smallest absolute Gasteiger partial charge is 0.223 e. The van der Waals surface area contributed by atoms with Crippen LogP contribution in [0.4, 0.5) is 0 Å². The maximum atomic E-state index is 8.99. The molecule has 0 fully saturated rings. The van der Waals surface area contributed by atoms with E-state index in [-0.39, 0.29) is 6.04 Å². The van der Waals surface area contributed by atoms with E-state index in [4.69, 9.17) is 20.5 Å². The summed E-state index contributed by atoms with van der Waals surface area (Å²) in [5.41, 5.74) is 7.14. The number of pyridine rings is 1. The summed E-state index contributed by atoms with van der Waals surface area (Å²) in [4.78, 5) is 4.18. The molecule has 1 aromatic heterocycles. The Balaban J connectivity index is 2.38. The molecule has 0 saturated heterocycles. The van der Waals surface area contributed by atoms with Gasteiger partial charge in [0.05, 0.1) is 18.7 Å². The molecule has 20 heavy (non-hydrogen) atoms. The molecule has 5 heteroatoms. The number of benzene rings is 1. The maximum absolute atomic E-state index is 8.99. The molecule has 1 heterocycles. The first-order chi connectivity index (χ1) is 9.63. The van der Waals surface area contributed by atoms with E-state index in [0.29, 0.717) is 22.9 Å². The third-order valence-corrected chi connectivity index (χ3v) is 2.75. The Hall–Kier alpha value is -2.58. The Morgan fingerprint density at radius 1 is 1.30 bits per heavy atom. The SMILES string of the molecule is COc1cc(C#N)cc(Oc2ncccc2[C@@H](C)N)c1. The predicted octanol–water partition coefficient (Wildman–Crippen LogP) is 2.77. The molecule has 0 amide bonds. The Morgan fingerprint density at radius 3 is 2.70 bits per heavy atom. The maximum Gasteiger partial charge on any atom is 0.223 e. The normalized spacial score (nSPS) is 11.5. The van der Waals surface area contributed by atoms with Crippen molar-refractivity contribution >= 4 is 0 Å². The highest BCUT2D eigenvalue weighted by atomic mass is 16.5. The fraction of sp³-hybridized carbons (Fsp3) is 0.200. The fourth-order valence-corrected chi connectivity index (χ4v) is 1.76. The molecule has 0 radical (unpaired) electrons. The van der Waals surface area contributed by atoms with Gasteiger partial charge in [0.1, 0.15) is 11.5 Å². The van der Waals surface area contributed by atoms with Crippen LogP contribution in [0.25, 0.3) is 0 Å². The highest BCUT2D eigenvalue weighted by Gasteiger charge is 2.11. The number of nitriles is 1. The molecule has 102 valence electrons. The van der Waals surface area contributed by atoms with Gasteiger partial charge in [-0.25, -0.2) is 4.98 Å². The molecule has 5 nitrogen and oxygen atoms in total. The first-order valence-electron chi connectivity index (χ1n) is 6.11. The predicted molar refractivity (Wildman–Crippen MR) is 74.6 cm³/mol. The lowest BCUT2D eigenvalue weighted by Crippen LogP contribution is -2.07.